The second-order valence-corrected chi connectivity index (χ2v) is 10.4. The van der Waals surface area contributed by atoms with Gasteiger partial charge in [-0.15, -0.1) is 0 Å². The van der Waals surface area contributed by atoms with Crippen LogP contribution in [0.5, 0.6) is 11.5 Å². The predicted molar refractivity (Wildman–Crippen MR) is 152 cm³/mol. The van der Waals surface area contributed by atoms with Gasteiger partial charge in [0.25, 0.3) is 5.91 Å². The Morgan fingerprint density at radius 3 is 2.31 bits per heavy atom. The van der Waals surface area contributed by atoms with Gasteiger partial charge in [0.1, 0.15) is 12.3 Å². The average Bonchev–Trinajstić information content (AvgIpc) is 3.45. The van der Waals surface area contributed by atoms with Crippen LogP contribution in [0.4, 0.5) is 0 Å². The van der Waals surface area contributed by atoms with Gasteiger partial charge in [0.15, 0.2) is 11.5 Å². The van der Waals surface area contributed by atoms with Crippen molar-refractivity contribution in [3.8, 4) is 11.5 Å². The van der Waals surface area contributed by atoms with Crippen LogP contribution in [0, 0.1) is 0 Å². The molecule has 0 spiro atoms. The molecule has 0 bridgehead atoms. The number of nitrogens with zero attached hydrogens (tertiary/aromatic N) is 2. The highest BCUT2D eigenvalue weighted by atomic mass is 16.5. The molecule has 0 saturated carbocycles. The van der Waals surface area contributed by atoms with Gasteiger partial charge in [0, 0.05) is 17.6 Å². The molecule has 7 nitrogen and oxygen atoms in total. The van der Waals surface area contributed by atoms with Crippen LogP contribution in [0.15, 0.2) is 83.5 Å². The van der Waals surface area contributed by atoms with E-state index in [1.165, 1.54) is 0 Å². The van der Waals surface area contributed by atoms with Crippen molar-refractivity contribution in [1.29, 1.82) is 0 Å². The smallest absolute Gasteiger partial charge is 0.255 e. The molecule has 0 aliphatic heterocycles. The minimum Gasteiger partial charge on any atom is -0.493 e. The third kappa shape index (κ3) is 6.60. The summed E-state index contributed by atoms with van der Waals surface area (Å²) in [4.78, 5) is 31.1. The molecule has 39 heavy (non-hydrogen) atoms. The minimum atomic E-state index is -0.580. The highest BCUT2D eigenvalue weighted by Crippen LogP contribution is 2.28. The standard InChI is InChI=1S/C32H36N2O5/c1-32(2,3)34(31(36)27-14-8-11-24-10-6-7-13-26(24)27)22-30(35)33(21-25-12-9-19-39-25)18-17-23-15-16-28(37-4)29(20-23)38-5/h6-16,19-20H,17-18,21-22H2,1-5H3. The first-order valence-electron chi connectivity index (χ1n) is 13.0. The number of rotatable bonds is 10. The summed E-state index contributed by atoms with van der Waals surface area (Å²) in [5.74, 6) is 1.63. The molecule has 2 amide bonds. The van der Waals surface area contributed by atoms with E-state index in [1.54, 1.807) is 36.3 Å². The number of carbonyl (C=O) groups is 2. The highest BCUT2D eigenvalue weighted by molar-refractivity contribution is 6.08. The van der Waals surface area contributed by atoms with Crippen LogP contribution in [0.25, 0.3) is 10.8 Å². The summed E-state index contributed by atoms with van der Waals surface area (Å²) < 4.78 is 16.3. The molecule has 0 aliphatic carbocycles. The van der Waals surface area contributed by atoms with Crippen LogP contribution in [-0.2, 0) is 17.8 Å². The van der Waals surface area contributed by atoms with Crippen molar-refractivity contribution in [3.05, 3.63) is 95.9 Å². The minimum absolute atomic E-state index is 0.0573. The molecule has 1 heterocycles. The van der Waals surface area contributed by atoms with Crippen molar-refractivity contribution in [2.75, 3.05) is 27.3 Å². The molecule has 4 rings (SSSR count). The Bertz CT molecular complexity index is 1420. The van der Waals surface area contributed by atoms with Gasteiger partial charge in [-0.3, -0.25) is 9.59 Å². The van der Waals surface area contributed by atoms with Crippen LogP contribution in [0.1, 0.15) is 42.5 Å². The summed E-state index contributed by atoms with van der Waals surface area (Å²) in [5, 5.41) is 1.85. The molecular weight excluding hydrogens is 492 g/mol. The van der Waals surface area contributed by atoms with E-state index >= 15 is 0 Å². The fraction of sp³-hybridized carbons (Fsp3) is 0.312. The van der Waals surface area contributed by atoms with Gasteiger partial charge in [0.2, 0.25) is 5.91 Å². The largest absolute Gasteiger partial charge is 0.493 e. The van der Waals surface area contributed by atoms with Crippen LogP contribution in [0.2, 0.25) is 0 Å². The molecular formula is C32H36N2O5. The third-order valence-electron chi connectivity index (χ3n) is 6.77. The van der Waals surface area contributed by atoms with Crippen LogP contribution in [-0.4, -0.2) is 54.5 Å². The summed E-state index contributed by atoms with van der Waals surface area (Å²) in [6.07, 6.45) is 2.19. The van der Waals surface area contributed by atoms with Gasteiger partial charge in [-0.25, -0.2) is 0 Å². The zero-order valence-corrected chi connectivity index (χ0v) is 23.3. The number of carbonyl (C=O) groups excluding carboxylic acids is 2. The van der Waals surface area contributed by atoms with Gasteiger partial charge in [0.05, 0.1) is 27.0 Å². The normalized spacial score (nSPS) is 11.3. The molecule has 7 heteroatoms. The zero-order valence-electron chi connectivity index (χ0n) is 23.3. The van der Waals surface area contributed by atoms with Gasteiger partial charge in [-0.1, -0.05) is 42.5 Å². The monoisotopic (exact) mass is 528 g/mol. The number of hydrogen-bond donors (Lipinski definition) is 0. The quantitative estimate of drug-likeness (QED) is 0.254. The maximum absolute atomic E-state index is 13.9. The molecule has 0 N–H and O–H groups in total. The first-order valence-corrected chi connectivity index (χ1v) is 13.0. The van der Waals surface area contributed by atoms with Crippen molar-refractivity contribution in [1.82, 2.24) is 9.80 Å². The summed E-state index contributed by atoms with van der Waals surface area (Å²) in [6, 6.07) is 22.9. The van der Waals surface area contributed by atoms with E-state index in [0.717, 1.165) is 16.3 Å². The molecule has 1 aromatic heterocycles. The Balaban J connectivity index is 1.58. The Hall–Kier alpha value is -4.26. The topological polar surface area (TPSA) is 72.2 Å². The lowest BCUT2D eigenvalue weighted by Crippen LogP contribution is -2.51. The summed E-state index contributed by atoms with van der Waals surface area (Å²) in [6.45, 7) is 6.53. The fourth-order valence-corrected chi connectivity index (χ4v) is 4.59. The first-order chi connectivity index (χ1) is 18.7. The summed E-state index contributed by atoms with van der Waals surface area (Å²) in [5.41, 5.74) is 1.01. The molecule has 4 aromatic rings. The van der Waals surface area contributed by atoms with E-state index in [0.29, 0.717) is 42.3 Å². The third-order valence-corrected chi connectivity index (χ3v) is 6.77. The van der Waals surface area contributed by atoms with Gasteiger partial charge in [-0.05, 0) is 73.9 Å². The molecule has 0 saturated heterocycles. The number of amides is 2. The van der Waals surface area contributed by atoms with Gasteiger partial charge in [-0.2, -0.15) is 0 Å². The summed E-state index contributed by atoms with van der Waals surface area (Å²) >= 11 is 0. The SMILES string of the molecule is COc1ccc(CCN(Cc2ccco2)C(=O)CN(C(=O)c2cccc3ccccc23)C(C)(C)C)cc1OC. The first kappa shape index (κ1) is 27.8. The molecule has 204 valence electrons. The van der Waals surface area contributed by atoms with Crippen LogP contribution >= 0.6 is 0 Å². The maximum Gasteiger partial charge on any atom is 0.255 e. The molecule has 0 radical (unpaired) electrons. The van der Waals surface area contributed by atoms with Gasteiger partial charge >= 0.3 is 0 Å². The Morgan fingerprint density at radius 2 is 1.62 bits per heavy atom. The summed E-state index contributed by atoms with van der Waals surface area (Å²) in [7, 11) is 3.20. The molecule has 0 aliphatic rings. The Labute approximate surface area is 229 Å². The number of furan rings is 1. The number of methoxy groups -OCH3 is 2. The number of ether oxygens (including phenoxy) is 2. The average molecular weight is 529 g/mol. The van der Waals surface area contributed by atoms with Gasteiger partial charge < -0.3 is 23.7 Å². The number of hydrogen-bond acceptors (Lipinski definition) is 5. The zero-order chi connectivity index (χ0) is 28.0. The molecule has 0 atom stereocenters. The lowest BCUT2D eigenvalue weighted by Gasteiger charge is -2.37. The molecule has 3 aromatic carbocycles. The molecule has 0 unspecified atom stereocenters. The lowest BCUT2D eigenvalue weighted by molar-refractivity contribution is -0.133. The fourth-order valence-electron chi connectivity index (χ4n) is 4.59. The Morgan fingerprint density at radius 1 is 0.872 bits per heavy atom. The second kappa shape index (κ2) is 12.1. The van der Waals surface area contributed by atoms with Crippen molar-refractivity contribution in [2.45, 2.75) is 39.3 Å². The van der Waals surface area contributed by atoms with E-state index in [2.05, 4.69) is 0 Å². The van der Waals surface area contributed by atoms with Crippen molar-refractivity contribution in [2.24, 2.45) is 0 Å². The van der Waals surface area contributed by atoms with E-state index in [-0.39, 0.29) is 18.4 Å². The highest BCUT2D eigenvalue weighted by Gasteiger charge is 2.31. The van der Waals surface area contributed by atoms with E-state index < -0.39 is 5.54 Å². The van der Waals surface area contributed by atoms with Crippen molar-refractivity contribution in [3.63, 3.8) is 0 Å². The van der Waals surface area contributed by atoms with Crippen LogP contribution in [0.3, 0.4) is 0 Å². The number of fused-ring (bicyclic) bond motifs is 1. The van der Waals surface area contributed by atoms with Crippen molar-refractivity contribution < 1.29 is 23.5 Å². The van der Waals surface area contributed by atoms with E-state index in [1.807, 2.05) is 87.5 Å². The maximum atomic E-state index is 13.9. The second-order valence-electron chi connectivity index (χ2n) is 10.4. The van der Waals surface area contributed by atoms with E-state index in [9.17, 15) is 9.59 Å². The Kier molecular flexibility index (Phi) is 8.59. The molecule has 0 fully saturated rings. The van der Waals surface area contributed by atoms with Crippen LogP contribution < -0.4 is 9.47 Å². The van der Waals surface area contributed by atoms with E-state index in [4.69, 9.17) is 13.9 Å². The van der Waals surface area contributed by atoms with Crippen molar-refractivity contribution >= 4 is 22.6 Å². The predicted octanol–water partition coefficient (Wildman–Crippen LogP) is 5.96. The lowest BCUT2D eigenvalue weighted by atomic mass is 10.00. The number of benzene rings is 3.